The molecule has 0 bridgehead atoms. The maximum Gasteiger partial charge on any atom is 0.241 e. The summed E-state index contributed by atoms with van der Waals surface area (Å²) < 4.78 is 0. The van der Waals surface area contributed by atoms with Crippen molar-refractivity contribution in [2.75, 3.05) is 37.6 Å². The predicted molar refractivity (Wildman–Crippen MR) is 124 cm³/mol. The highest BCUT2D eigenvalue weighted by Gasteiger charge is 2.39. The molecule has 5 heteroatoms. The van der Waals surface area contributed by atoms with Gasteiger partial charge in [-0.3, -0.25) is 14.7 Å². The average Bonchev–Trinajstić information content (AvgIpc) is 3.01. The first-order valence-electron chi connectivity index (χ1n) is 11.2. The van der Waals surface area contributed by atoms with Gasteiger partial charge in [0, 0.05) is 61.5 Å². The topological polar surface area (TPSA) is 48.5 Å². The smallest absolute Gasteiger partial charge is 0.241 e. The van der Waals surface area contributed by atoms with Gasteiger partial charge in [0.15, 0.2) is 0 Å². The van der Waals surface area contributed by atoms with Crippen molar-refractivity contribution in [3.63, 3.8) is 0 Å². The van der Waals surface area contributed by atoms with Crippen LogP contribution in [0.1, 0.15) is 51.4 Å². The number of benzene rings is 1. The number of fused-ring (bicyclic) bond motifs is 1. The zero-order valence-electron chi connectivity index (χ0n) is 19.1. The molecule has 2 aliphatic heterocycles. The molecule has 3 heterocycles. The van der Waals surface area contributed by atoms with Crippen LogP contribution in [0, 0.1) is 0 Å². The molecular formula is C25H36N4O. The van der Waals surface area contributed by atoms with E-state index in [-0.39, 0.29) is 11.3 Å². The maximum atomic E-state index is 13.2. The number of carbonyl (C=O) groups excluding carboxylic acids is 1. The summed E-state index contributed by atoms with van der Waals surface area (Å²) in [6.07, 6.45) is 2.76. The SMILES string of the molecule is CC.C[C@@H]1CN(CC(=O)N2CC(C)(C)c3cnc(Cc4ccccc4)cc32)CCN1. The number of hydrogen-bond acceptors (Lipinski definition) is 4. The van der Waals surface area contributed by atoms with Crippen LogP contribution in [0.2, 0.25) is 0 Å². The minimum absolute atomic E-state index is 0.0694. The lowest BCUT2D eigenvalue weighted by Gasteiger charge is -2.32. The van der Waals surface area contributed by atoms with Crippen LogP contribution in [0.5, 0.6) is 0 Å². The average molecular weight is 409 g/mol. The second-order valence-corrected chi connectivity index (χ2v) is 8.81. The van der Waals surface area contributed by atoms with Gasteiger partial charge in [0.2, 0.25) is 5.91 Å². The van der Waals surface area contributed by atoms with E-state index in [0.717, 1.165) is 44.0 Å². The summed E-state index contributed by atoms with van der Waals surface area (Å²) in [4.78, 5) is 22.1. The lowest BCUT2D eigenvalue weighted by Crippen LogP contribution is -2.52. The maximum absolute atomic E-state index is 13.2. The summed E-state index contributed by atoms with van der Waals surface area (Å²) in [5.74, 6) is 0.192. The van der Waals surface area contributed by atoms with Crippen molar-refractivity contribution in [2.24, 2.45) is 0 Å². The van der Waals surface area contributed by atoms with E-state index in [0.29, 0.717) is 12.6 Å². The number of rotatable bonds is 4. The van der Waals surface area contributed by atoms with Crippen molar-refractivity contribution < 1.29 is 4.79 Å². The molecule has 1 N–H and O–H groups in total. The number of amides is 1. The fourth-order valence-electron chi connectivity index (χ4n) is 4.35. The molecule has 1 aromatic carbocycles. The molecule has 1 amide bonds. The predicted octanol–water partition coefficient (Wildman–Crippen LogP) is 3.62. The van der Waals surface area contributed by atoms with Gasteiger partial charge in [-0.05, 0) is 18.6 Å². The first-order valence-corrected chi connectivity index (χ1v) is 11.2. The molecule has 1 atom stereocenters. The highest BCUT2D eigenvalue weighted by molar-refractivity contribution is 5.97. The molecule has 0 spiro atoms. The van der Waals surface area contributed by atoms with E-state index >= 15 is 0 Å². The van der Waals surface area contributed by atoms with Crippen LogP contribution >= 0.6 is 0 Å². The number of piperazine rings is 1. The Bertz CT molecular complexity index is 849. The van der Waals surface area contributed by atoms with Gasteiger partial charge < -0.3 is 10.2 Å². The Morgan fingerprint density at radius 1 is 1.23 bits per heavy atom. The second-order valence-electron chi connectivity index (χ2n) is 8.81. The minimum atomic E-state index is -0.0694. The van der Waals surface area contributed by atoms with Crippen molar-refractivity contribution in [3.8, 4) is 0 Å². The van der Waals surface area contributed by atoms with E-state index in [9.17, 15) is 4.79 Å². The third-order valence-electron chi connectivity index (χ3n) is 5.85. The fraction of sp³-hybridized carbons (Fsp3) is 0.520. The Morgan fingerprint density at radius 2 is 1.97 bits per heavy atom. The molecule has 2 aliphatic rings. The molecule has 30 heavy (non-hydrogen) atoms. The lowest BCUT2D eigenvalue weighted by molar-refractivity contribution is -0.120. The summed E-state index contributed by atoms with van der Waals surface area (Å²) in [6, 6.07) is 12.9. The second kappa shape index (κ2) is 9.71. The van der Waals surface area contributed by atoms with Crippen molar-refractivity contribution in [1.82, 2.24) is 15.2 Å². The Labute approximate surface area is 181 Å². The molecule has 0 radical (unpaired) electrons. The van der Waals surface area contributed by atoms with E-state index in [2.05, 4.69) is 61.3 Å². The van der Waals surface area contributed by atoms with Crippen LogP contribution in [-0.2, 0) is 16.6 Å². The first-order chi connectivity index (χ1) is 14.4. The molecule has 4 rings (SSSR count). The number of carbonyl (C=O) groups is 1. The van der Waals surface area contributed by atoms with E-state index < -0.39 is 0 Å². The largest absolute Gasteiger partial charge is 0.312 e. The van der Waals surface area contributed by atoms with Gasteiger partial charge in [-0.15, -0.1) is 0 Å². The monoisotopic (exact) mass is 408 g/mol. The van der Waals surface area contributed by atoms with Gasteiger partial charge in [-0.25, -0.2) is 0 Å². The van der Waals surface area contributed by atoms with Crippen molar-refractivity contribution in [2.45, 2.75) is 52.5 Å². The van der Waals surface area contributed by atoms with Crippen molar-refractivity contribution >= 4 is 11.6 Å². The number of anilines is 1. The third kappa shape index (κ3) is 5.08. The quantitative estimate of drug-likeness (QED) is 0.840. The minimum Gasteiger partial charge on any atom is -0.312 e. The normalized spacial score (nSPS) is 20.3. The third-order valence-corrected chi connectivity index (χ3v) is 5.85. The molecule has 1 aromatic heterocycles. The van der Waals surface area contributed by atoms with Crippen LogP contribution in [0.15, 0.2) is 42.6 Å². The summed E-state index contributed by atoms with van der Waals surface area (Å²) in [5.41, 5.74) is 4.39. The molecule has 2 aromatic rings. The van der Waals surface area contributed by atoms with Gasteiger partial charge in [-0.2, -0.15) is 0 Å². The summed E-state index contributed by atoms with van der Waals surface area (Å²) in [7, 11) is 0. The fourth-order valence-corrected chi connectivity index (χ4v) is 4.35. The number of hydrogen-bond donors (Lipinski definition) is 1. The summed E-state index contributed by atoms with van der Waals surface area (Å²) in [6.45, 7) is 14.6. The van der Waals surface area contributed by atoms with Crippen LogP contribution in [0.4, 0.5) is 5.69 Å². The first kappa shape index (κ1) is 22.4. The summed E-state index contributed by atoms with van der Waals surface area (Å²) in [5, 5.41) is 3.44. The molecule has 5 nitrogen and oxygen atoms in total. The Morgan fingerprint density at radius 3 is 2.67 bits per heavy atom. The van der Waals surface area contributed by atoms with Crippen LogP contribution < -0.4 is 10.2 Å². The number of nitrogens with zero attached hydrogens (tertiary/aromatic N) is 3. The molecule has 162 valence electrons. The summed E-state index contributed by atoms with van der Waals surface area (Å²) >= 11 is 0. The van der Waals surface area contributed by atoms with Crippen molar-refractivity contribution in [3.05, 3.63) is 59.4 Å². The van der Waals surface area contributed by atoms with E-state index in [1.807, 2.05) is 31.0 Å². The van der Waals surface area contributed by atoms with Gasteiger partial charge >= 0.3 is 0 Å². The van der Waals surface area contributed by atoms with Crippen LogP contribution in [-0.4, -0.2) is 54.6 Å². The zero-order valence-corrected chi connectivity index (χ0v) is 19.1. The van der Waals surface area contributed by atoms with Gasteiger partial charge in [0.05, 0.1) is 12.2 Å². The standard InChI is InChI=1S/C23H30N4O.C2H6/c1-17-14-26(10-9-24-17)15-22(28)27-16-23(2,3)20-13-25-19(12-21(20)27)11-18-7-5-4-6-8-18;1-2/h4-8,12-13,17,24H,9-11,14-16H2,1-3H3;1-2H3/t17-;/m1./s1. The number of nitrogens with one attached hydrogen (secondary N) is 1. The highest BCUT2D eigenvalue weighted by Crippen LogP contribution is 2.40. The van der Waals surface area contributed by atoms with Crippen molar-refractivity contribution in [1.29, 1.82) is 0 Å². The lowest BCUT2D eigenvalue weighted by atomic mass is 9.88. The highest BCUT2D eigenvalue weighted by atomic mass is 16.2. The molecule has 0 saturated carbocycles. The molecule has 1 fully saturated rings. The Kier molecular flexibility index (Phi) is 7.27. The molecule has 0 unspecified atom stereocenters. The van der Waals surface area contributed by atoms with E-state index in [4.69, 9.17) is 4.98 Å². The Balaban J connectivity index is 0.00000124. The van der Waals surface area contributed by atoms with E-state index in [1.165, 1.54) is 11.1 Å². The Hall–Kier alpha value is -2.24. The number of aromatic nitrogens is 1. The molecular weight excluding hydrogens is 372 g/mol. The van der Waals surface area contributed by atoms with E-state index in [1.54, 1.807) is 0 Å². The molecule has 0 aliphatic carbocycles. The molecule has 1 saturated heterocycles. The van der Waals surface area contributed by atoms with Gasteiger partial charge in [0.25, 0.3) is 0 Å². The zero-order chi connectivity index (χ0) is 21.7. The van der Waals surface area contributed by atoms with Crippen LogP contribution in [0.3, 0.4) is 0 Å². The van der Waals surface area contributed by atoms with Gasteiger partial charge in [0.1, 0.15) is 0 Å². The number of pyridine rings is 1. The van der Waals surface area contributed by atoms with Gasteiger partial charge in [-0.1, -0.05) is 58.0 Å². The van der Waals surface area contributed by atoms with Crippen LogP contribution in [0.25, 0.3) is 0 Å².